The van der Waals surface area contributed by atoms with Crippen molar-refractivity contribution in [1.82, 2.24) is 0 Å². The monoisotopic (exact) mass is 698 g/mol. The molecule has 0 N–H and O–H groups in total. The summed E-state index contributed by atoms with van der Waals surface area (Å²) in [7, 11) is 0. The summed E-state index contributed by atoms with van der Waals surface area (Å²) in [6.45, 7) is 0. The highest BCUT2D eigenvalue weighted by Crippen LogP contribution is 2.45. The molecule has 10 aromatic carbocycles. The highest BCUT2D eigenvalue weighted by atomic mass is 16.3. The van der Waals surface area contributed by atoms with E-state index >= 15 is 0 Å². The van der Waals surface area contributed by atoms with Gasteiger partial charge in [-0.1, -0.05) is 164 Å². The molecule has 11 rings (SSSR count). The fraction of sp³-hybridized carbons (Fsp3) is 0. The highest BCUT2D eigenvalue weighted by molar-refractivity contribution is 6.21. The minimum absolute atomic E-state index is 0.900. The molecule has 0 radical (unpaired) electrons. The molecular weight excluding hydrogens is 665 g/mol. The van der Waals surface area contributed by atoms with Crippen LogP contribution in [0, 0.1) is 0 Å². The second kappa shape index (κ2) is 12.7. The lowest BCUT2D eigenvalue weighted by Gasteiger charge is -2.18. The third-order valence-electron chi connectivity index (χ3n) is 11.2. The van der Waals surface area contributed by atoms with Crippen LogP contribution in [0.25, 0.3) is 110 Å². The molecule has 1 aromatic heterocycles. The van der Waals surface area contributed by atoms with Crippen LogP contribution in [-0.2, 0) is 0 Å². The molecule has 0 bridgehead atoms. The lowest BCUT2D eigenvalue weighted by atomic mass is 9.85. The minimum atomic E-state index is 0.900. The standard InChI is InChI=1S/C54H34O/c1-2-12-35(13-3-1)41-26-28-51-49(33-41)50-34-42(27-29-52(50)55-51)39-17-11-19-44(32-39)54-47-22-8-6-20-45(47)53(46-21-7-9-23-48(46)54)43-18-10-16-38(31-43)40-25-24-36-14-4-5-15-37(36)30-40/h1-34H. The first kappa shape index (κ1) is 31.3. The maximum atomic E-state index is 6.32. The van der Waals surface area contributed by atoms with E-state index in [1.54, 1.807) is 0 Å². The van der Waals surface area contributed by atoms with Gasteiger partial charge in [-0.2, -0.15) is 0 Å². The third kappa shape index (κ3) is 5.32. The molecule has 0 amide bonds. The van der Waals surface area contributed by atoms with Crippen LogP contribution in [0.3, 0.4) is 0 Å². The molecule has 0 spiro atoms. The van der Waals surface area contributed by atoms with E-state index in [1.165, 1.54) is 82.4 Å². The quantitative estimate of drug-likeness (QED) is 0.163. The topological polar surface area (TPSA) is 13.1 Å². The molecule has 1 heterocycles. The van der Waals surface area contributed by atoms with Crippen LogP contribution in [0.4, 0.5) is 0 Å². The van der Waals surface area contributed by atoms with Crippen LogP contribution < -0.4 is 0 Å². The average Bonchev–Trinajstić information content (AvgIpc) is 3.63. The lowest BCUT2D eigenvalue weighted by molar-refractivity contribution is 0.669. The van der Waals surface area contributed by atoms with Gasteiger partial charge in [0.2, 0.25) is 0 Å². The molecule has 1 heteroatoms. The molecular formula is C54H34O. The SMILES string of the molecule is c1ccc(-c2ccc3oc4ccc(-c5cccc(-c6c7ccccc7c(-c7cccc(-c8ccc9ccccc9c8)c7)c7ccccc67)c5)cc4c3c2)cc1. The fourth-order valence-corrected chi connectivity index (χ4v) is 8.59. The summed E-state index contributed by atoms with van der Waals surface area (Å²) >= 11 is 0. The first-order chi connectivity index (χ1) is 27.2. The van der Waals surface area contributed by atoms with Crippen molar-refractivity contribution < 1.29 is 4.42 Å². The summed E-state index contributed by atoms with van der Waals surface area (Å²) in [5.41, 5.74) is 13.9. The molecule has 11 aromatic rings. The van der Waals surface area contributed by atoms with Gasteiger partial charge in [0.1, 0.15) is 11.2 Å². The highest BCUT2D eigenvalue weighted by Gasteiger charge is 2.18. The molecule has 0 saturated heterocycles. The molecule has 0 fully saturated rings. The van der Waals surface area contributed by atoms with Crippen molar-refractivity contribution in [3.8, 4) is 55.6 Å². The van der Waals surface area contributed by atoms with Crippen molar-refractivity contribution in [1.29, 1.82) is 0 Å². The number of rotatable bonds is 5. The van der Waals surface area contributed by atoms with Gasteiger partial charge >= 0.3 is 0 Å². The van der Waals surface area contributed by atoms with Crippen molar-refractivity contribution in [2.75, 3.05) is 0 Å². The van der Waals surface area contributed by atoms with Crippen LogP contribution in [0.1, 0.15) is 0 Å². The van der Waals surface area contributed by atoms with Crippen LogP contribution in [0.5, 0.6) is 0 Å². The van der Waals surface area contributed by atoms with E-state index in [0.29, 0.717) is 0 Å². The van der Waals surface area contributed by atoms with Crippen LogP contribution in [-0.4, -0.2) is 0 Å². The molecule has 256 valence electrons. The summed E-state index contributed by atoms with van der Waals surface area (Å²) in [6.07, 6.45) is 0. The Morgan fingerprint density at radius 2 is 0.618 bits per heavy atom. The lowest BCUT2D eigenvalue weighted by Crippen LogP contribution is -1.91. The van der Waals surface area contributed by atoms with E-state index in [1.807, 2.05) is 0 Å². The Morgan fingerprint density at radius 3 is 1.18 bits per heavy atom. The Morgan fingerprint density at radius 1 is 0.218 bits per heavy atom. The van der Waals surface area contributed by atoms with E-state index in [9.17, 15) is 0 Å². The maximum absolute atomic E-state index is 6.32. The second-order valence-corrected chi connectivity index (χ2v) is 14.5. The van der Waals surface area contributed by atoms with Crippen LogP contribution in [0.2, 0.25) is 0 Å². The normalized spacial score (nSPS) is 11.6. The Bertz CT molecular complexity index is 3200. The van der Waals surface area contributed by atoms with Crippen LogP contribution >= 0.6 is 0 Å². The Hall–Kier alpha value is -7.22. The molecule has 0 unspecified atom stereocenters. The van der Waals surface area contributed by atoms with E-state index in [4.69, 9.17) is 4.42 Å². The van der Waals surface area contributed by atoms with Gasteiger partial charge in [0.05, 0.1) is 0 Å². The smallest absolute Gasteiger partial charge is 0.135 e. The number of hydrogen-bond donors (Lipinski definition) is 0. The van der Waals surface area contributed by atoms with E-state index in [-0.39, 0.29) is 0 Å². The van der Waals surface area contributed by atoms with Crippen molar-refractivity contribution in [2.45, 2.75) is 0 Å². The summed E-state index contributed by atoms with van der Waals surface area (Å²) in [5.74, 6) is 0. The first-order valence-corrected chi connectivity index (χ1v) is 18.9. The average molecular weight is 699 g/mol. The van der Waals surface area contributed by atoms with Gasteiger partial charge < -0.3 is 4.42 Å². The molecule has 0 aliphatic rings. The van der Waals surface area contributed by atoms with Crippen molar-refractivity contribution in [3.63, 3.8) is 0 Å². The van der Waals surface area contributed by atoms with Gasteiger partial charge in [0.15, 0.2) is 0 Å². The van der Waals surface area contributed by atoms with Crippen molar-refractivity contribution >= 4 is 54.3 Å². The number of benzene rings is 10. The van der Waals surface area contributed by atoms with E-state index < -0.39 is 0 Å². The minimum Gasteiger partial charge on any atom is -0.456 e. The summed E-state index contributed by atoms with van der Waals surface area (Å²) in [4.78, 5) is 0. The summed E-state index contributed by atoms with van der Waals surface area (Å²) < 4.78 is 6.32. The summed E-state index contributed by atoms with van der Waals surface area (Å²) in [5, 5.41) is 9.75. The zero-order valence-corrected chi connectivity index (χ0v) is 30.0. The zero-order valence-electron chi connectivity index (χ0n) is 30.0. The van der Waals surface area contributed by atoms with Gasteiger partial charge in [0.25, 0.3) is 0 Å². The van der Waals surface area contributed by atoms with Gasteiger partial charge in [-0.05, 0) is 130 Å². The Kier molecular flexibility index (Phi) is 7.25. The van der Waals surface area contributed by atoms with Gasteiger partial charge in [0, 0.05) is 10.8 Å². The van der Waals surface area contributed by atoms with E-state index in [0.717, 1.165) is 27.5 Å². The molecule has 0 aliphatic carbocycles. The van der Waals surface area contributed by atoms with Gasteiger partial charge in [-0.25, -0.2) is 0 Å². The van der Waals surface area contributed by atoms with Crippen molar-refractivity contribution in [3.05, 3.63) is 206 Å². The summed E-state index contributed by atoms with van der Waals surface area (Å²) in [6, 6.07) is 74.9. The van der Waals surface area contributed by atoms with E-state index in [2.05, 4.69) is 206 Å². The second-order valence-electron chi connectivity index (χ2n) is 14.5. The zero-order chi connectivity index (χ0) is 36.3. The maximum Gasteiger partial charge on any atom is 0.135 e. The third-order valence-corrected chi connectivity index (χ3v) is 11.2. The number of furan rings is 1. The predicted octanol–water partition coefficient (Wildman–Crippen LogP) is 15.4. The van der Waals surface area contributed by atoms with Gasteiger partial charge in [-0.15, -0.1) is 0 Å². The van der Waals surface area contributed by atoms with Gasteiger partial charge in [-0.3, -0.25) is 0 Å². The molecule has 0 saturated carbocycles. The number of fused-ring (bicyclic) bond motifs is 6. The first-order valence-electron chi connectivity index (χ1n) is 18.9. The largest absolute Gasteiger partial charge is 0.456 e. The number of hydrogen-bond acceptors (Lipinski definition) is 1. The Balaban J connectivity index is 1.06. The Labute approximate surface area is 319 Å². The molecule has 55 heavy (non-hydrogen) atoms. The fourth-order valence-electron chi connectivity index (χ4n) is 8.59. The predicted molar refractivity (Wildman–Crippen MR) is 233 cm³/mol. The molecule has 0 atom stereocenters. The van der Waals surface area contributed by atoms with Crippen LogP contribution in [0.15, 0.2) is 211 Å². The van der Waals surface area contributed by atoms with Crippen molar-refractivity contribution in [2.24, 2.45) is 0 Å². The molecule has 0 aliphatic heterocycles. The molecule has 1 nitrogen and oxygen atoms in total.